The summed E-state index contributed by atoms with van der Waals surface area (Å²) in [5, 5.41) is 10.5. The van der Waals surface area contributed by atoms with E-state index in [-0.39, 0.29) is 16.0 Å². The van der Waals surface area contributed by atoms with Gasteiger partial charge < -0.3 is 11.1 Å². The molecule has 2 heterocycles. The van der Waals surface area contributed by atoms with E-state index >= 15 is 0 Å². The first kappa shape index (κ1) is 11.5. The van der Waals surface area contributed by atoms with Crippen LogP contribution in [0.5, 0.6) is 0 Å². The maximum Gasteiger partial charge on any atom is 0.286 e. The summed E-state index contributed by atoms with van der Waals surface area (Å²) in [5.74, 6) is -0.326. The second-order valence-corrected chi connectivity index (χ2v) is 4.49. The van der Waals surface area contributed by atoms with Crippen molar-refractivity contribution >= 4 is 28.1 Å². The van der Waals surface area contributed by atoms with E-state index in [1.165, 1.54) is 0 Å². The van der Waals surface area contributed by atoms with E-state index in [2.05, 4.69) is 20.5 Å². The molecule has 0 saturated heterocycles. The van der Waals surface area contributed by atoms with Crippen molar-refractivity contribution in [1.82, 2.24) is 15.2 Å². The van der Waals surface area contributed by atoms with E-state index < -0.39 is 0 Å². The molecule has 6 nitrogen and oxygen atoms in total. The molecule has 17 heavy (non-hydrogen) atoms. The second kappa shape index (κ2) is 4.46. The van der Waals surface area contributed by atoms with Gasteiger partial charge in [0.1, 0.15) is 0 Å². The smallest absolute Gasteiger partial charge is 0.286 e. The lowest BCUT2D eigenvalue weighted by atomic mass is 10.3. The molecule has 3 N–H and O–H groups in total. The molecule has 0 radical (unpaired) electrons. The fourth-order valence-electron chi connectivity index (χ4n) is 1.32. The predicted molar refractivity (Wildman–Crippen MR) is 66.0 cm³/mol. The minimum atomic E-state index is -0.326. The van der Waals surface area contributed by atoms with Crippen LogP contribution in [0.1, 0.15) is 21.2 Å². The zero-order valence-corrected chi connectivity index (χ0v) is 10.2. The molecule has 0 atom stereocenters. The number of hydrogen-bond acceptors (Lipinski definition) is 6. The molecule has 0 aliphatic rings. The number of nitrogen functional groups attached to an aromatic ring is 1. The first-order chi connectivity index (χ1) is 8.06. The van der Waals surface area contributed by atoms with E-state index in [1.807, 2.05) is 19.9 Å². The van der Waals surface area contributed by atoms with E-state index in [9.17, 15) is 4.79 Å². The highest BCUT2D eigenvalue weighted by Crippen LogP contribution is 2.16. The number of pyridine rings is 1. The van der Waals surface area contributed by atoms with Gasteiger partial charge in [0.15, 0.2) is 0 Å². The molecule has 2 rings (SSSR count). The van der Waals surface area contributed by atoms with Crippen LogP contribution in [0.2, 0.25) is 0 Å². The van der Waals surface area contributed by atoms with Crippen LogP contribution in [-0.2, 0) is 0 Å². The summed E-state index contributed by atoms with van der Waals surface area (Å²) in [4.78, 5) is 16.0. The summed E-state index contributed by atoms with van der Waals surface area (Å²) in [6, 6.07) is 3.64. The Morgan fingerprint density at radius 3 is 2.71 bits per heavy atom. The molecule has 7 heteroatoms. The molecule has 0 aliphatic heterocycles. The Morgan fingerprint density at radius 1 is 1.35 bits per heavy atom. The van der Waals surface area contributed by atoms with Gasteiger partial charge >= 0.3 is 0 Å². The van der Waals surface area contributed by atoms with Gasteiger partial charge in [-0.15, -0.1) is 10.2 Å². The first-order valence-corrected chi connectivity index (χ1v) is 5.72. The monoisotopic (exact) mass is 249 g/mol. The number of hydrogen-bond donors (Lipinski definition) is 2. The average molecular weight is 249 g/mol. The fourth-order valence-corrected chi connectivity index (χ4v) is 1.83. The highest BCUT2D eigenvalue weighted by Gasteiger charge is 2.13. The minimum Gasteiger partial charge on any atom is -0.374 e. The van der Waals surface area contributed by atoms with E-state index in [0.29, 0.717) is 5.69 Å². The fraction of sp³-hybridized carbons (Fsp3) is 0.200. The maximum atomic E-state index is 11.8. The van der Waals surface area contributed by atoms with Crippen molar-refractivity contribution < 1.29 is 4.79 Å². The second-order valence-electron chi connectivity index (χ2n) is 3.49. The maximum absolute atomic E-state index is 11.8. The number of nitrogens with two attached hydrogens (primary N) is 1. The highest BCUT2D eigenvalue weighted by atomic mass is 32.1. The van der Waals surface area contributed by atoms with Crippen LogP contribution in [0.4, 0.5) is 10.8 Å². The molecular weight excluding hydrogens is 238 g/mol. The molecule has 2 aromatic rings. The van der Waals surface area contributed by atoms with Crippen LogP contribution >= 0.6 is 11.3 Å². The van der Waals surface area contributed by atoms with Gasteiger partial charge in [0, 0.05) is 5.69 Å². The summed E-state index contributed by atoms with van der Waals surface area (Å²) in [6.45, 7) is 3.72. The number of nitrogens with zero attached hydrogens (tertiary/aromatic N) is 3. The lowest BCUT2D eigenvalue weighted by molar-refractivity contribution is 0.102. The van der Waals surface area contributed by atoms with Crippen molar-refractivity contribution in [2.45, 2.75) is 13.8 Å². The van der Waals surface area contributed by atoms with Crippen molar-refractivity contribution in [2.75, 3.05) is 11.1 Å². The summed E-state index contributed by atoms with van der Waals surface area (Å²) >= 11 is 1.05. The molecule has 2 aromatic heterocycles. The predicted octanol–water partition coefficient (Wildman–Crippen LogP) is 1.38. The van der Waals surface area contributed by atoms with E-state index in [0.717, 1.165) is 22.7 Å². The van der Waals surface area contributed by atoms with Crippen LogP contribution in [0.3, 0.4) is 0 Å². The summed E-state index contributed by atoms with van der Waals surface area (Å²) < 4.78 is 0. The van der Waals surface area contributed by atoms with Gasteiger partial charge in [-0.1, -0.05) is 11.3 Å². The Hall–Kier alpha value is -2.02. The lowest BCUT2D eigenvalue weighted by Crippen LogP contribution is -2.13. The molecule has 0 spiro atoms. The molecule has 0 bridgehead atoms. The van der Waals surface area contributed by atoms with Gasteiger partial charge in [0.25, 0.3) is 5.91 Å². The number of carbonyl (C=O) groups excluding carboxylic acids is 1. The zero-order chi connectivity index (χ0) is 12.4. The van der Waals surface area contributed by atoms with Crippen molar-refractivity contribution in [2.24, 2.45) is 0 Å². The van der Waals surface area contributed by atoms with Gasteiger partial charge in [0.05, 0.1) is 11.4 Å². The lowest BCUT2D eigenvalue weighted by Gasteiger charge is -2.06. The number of aryl methyl sites for hydroxylation is 2. The Balaban J connectivity index is 2.18. The number of rotatable bonds is 2. The van der Waals surface area contributed by atoms with Crippen LogP contribution < -0.4 is 11.1 Å². The molecule has 0 fully saturated rings. The molecule has 0 unspecified atom stereocenters. The molecule has 0 aromatic carbocycles. The van der Waals surface area contributed by atoms with Gasteiger partial charge in [0.2, 0.25) is 10.1 Å². The Morgan fingerprint density at radius 2 is 2.12 bits per heavy atom. The topological polar surface area (TPSA) is 93.8 Å². The number of nitrogens with one attached hydrogen (secondary N) is 1. The Bertz CT molecular complexity index is 566. The van der Waals surface area contributed by atoms with Crippen molar-refractivity contribution in [1.29, 1.82) is 0 Å². The van der Waals surface area contributed by atoms with Crippen molar-refractivity contribution in [3.63, 3.8) is 0 Å². The van der Waals surface area contributed by atoms with Crippen LogP contribution in [-0.4, -0.2) is 21.1 Å². The quantitative estimate of drug-likeness (QED) is 0.838. The largest absolute Gasteiger partial charge is 0.374 e. The van der Waals surface area contributed by atoms with Crippen molar-refractivity contribution in [3.05, 3.63) is 28.5 Å². The average Bonchev–Trinajstić information content (AvgIpc) is 2.69. The first-order valence-electron chi connectivity index (χ1n) is 4.91. The third-order valence-corrected chi connectivity index (χ3v) is 2.86. The standard InChI is InChI=1S/C10H11N5OS/c1-5-3-4-7(6(2)12-5)13-8(16)9-14-15-10(11)17-9/h3-4H,1-2H3,(H2,11,15)(H,13,16). The van der Waals surface area contributed by atoms with Gasteiger partial charge in [-0.25, -0.2) is 0 Å². The number of aromatic nitrogens is 3. The minimum absolute atomic E-state index is 0.238. The summed E-state index contributed by atoms with van der Waals surface area (Å²) in [5.41, 5.74) is 7.74. The van der Waals surface area contributed by atoms with Crippen LogP contribution in [0, 0.1) is 13.8 Å². The molecule has 0 aliphatic carbocycles. The Kier molecular flexibility index (Phi) is 3.01. The SMILES string of the molecule is Cc1ccc(NC(=O)c2nnc(N)s2)c(C)n1. The van der Waals surface area contributed by atoms with Crippen LogP contribution in [0.15, 0.2) is 12.1 Å². The summed E-state index contributed by atoms with van der Waals surface area (Å²) in [6.07, 6.45) is 0. The number of amides is 1. The third kappa shape index (κ3) is 2.56. The van der Waals surface area contributed by atoms with Crippen LogP contribution in [0.25, 0.3) is 0 Å². The molecule has 88 valence electrons. The van der Waals surface area contributed by atoms with Gasteiger partial charge in [-0.2, -0.15) is 0 Å². The zero-order valence-electron chi connectivity index (χ0n) is 9.39. The molecular formula is C10H11N5OS. The third-order valence-electron chi connectivity index (χ3n) is 2.11. The normalized spacial score (nSPS) is 10.2. The molecule has 0 saturated carbocycles. The Labute approximate surface area is 102 Å². The van der Waals surface area contributed by atoms with E-state index in [4.69, 9.17) is 5.73 Å². The number of carbonyl (C=O) groups is 1. The number of anilines is 2. The van der Waals surface area contributed by atoms with E-state index in [1.54, 1.807) is 6.07 Å². The highest BCUT2D eigenvalue weighted by molar-refractivity contribution is 7.16. The van der Waals surface area contributed by atoms with Gasteiger partial charge in [-0.05, 0) is 26.0 Å². The van der Waals surface area contributed by atoms with Crippen molar-refractivity contribution in [3.8, 4) is 0 Å². The molecule has 1 amide bonds. The summed E-state index contributed by atoms with van der Waals surface area (Å²) in [7, 11) is 0. The van der Waals surface area contributed by atoms with Gasteiger partial charge in [-0.3, -0.25) is 9.78 Å².